The highest BCUT2D eigenvalue weighted by Crippen LogP contribution is 2.32. The van der Waals surface area contributed by atoms with Gasteiger partial charge in [-0.15, -0.1) is 11.3 Å². The first kappa shape index (κ1) is 18.7. The molecule has 0 unspecified atom stereocenters. The molecule has 27 heavy (non-hydrogen) atoms. The van der Waals surface area contributed by atoms with Gasteiger partial charge in [-0.2, -0.15) is 0 Å². The van der Waals surface area contributed by atoms with Crippen LogP contribution < -0.4 is 5.32 Å². The maximum absolute atomic E-state index is 12.5. The van der Waals surface area contributed by atoms with Crippen molar-refractivity contribution in [2.75, 3.05) is 19.6 Å². The zero-order valence-electron chi connectivity index (χ0n) is 16.3. The van der Waals surface area contributed by atoms with E-state index in [0.29, 0.717) is 6.04 Å². The molecule has 0 fully saturated rings. The fourth-order valence-electron chi connectivity index (χ4n) is 4.01. The molecular formula is C22H29N3OS. The number of benzene rings is 1. The molecule has 0 spiro atoms. The van der Waals surface area contributed by atoms with Crippen molar-refractivity contribution in [3.63, 3.8) is 0 Å². The molecule has 0 atom stereocenters. The summed E-state index contributed by atoms with van der Waals surface area (Å²) in [5.74, 6) is 0.0921. The van der Waals surface area contributed by atoms with Crippen LogP contribution in [0.25, 0.3) is 0 Å². The average Bonchev–Trinajstić information content (AvgIpc) is 3.24. The quantitative estimate of drug-likeness (QED) is 0.774. The third-order valence-corrected chi connectivity index (χ3v) is 6.88. The van der Waals surface area contributed by atoms with Gasteiger partial charge in [0, 0.05) is 50.2 Å². The molecule has 2 aromatic rings. The van der Waals surface area contributed by atoms with Crippen LogP contribution in [0.2, 0.25) is 0 Å². The van der Waals surface area contributed by atoms with Crippen molar-refractivity contribution >= 4 is 17.2 Å². The van der Waals surface area contributed by atoms with E-state index in [9.17, 15) is 4.79 Å². The van der Waals surface area contributed by atoms with Crippen LogP contribution >= 0.6 is 11.3 Å². The van der Waals surface area contributed by atoms with Crippen LogP contribution in [-0.2, 0) is 26.1 Å². The maximum Gasteiger partial charge on any atom is 0.261 e. The van der Waals surface area contributed by atoms with Crippen LogP contribution in [-0.4, -0.2) is 41.4 Å². The highest BCUT2D eigenvalue weighted by atomic mass is 32.1. The van der Waals surface area contributed by atoms with Crippen molar-refractivity contribution in [1.29, 1.82) is 0 Å². The van der Waals surface area contributed by atoms with Crippen LogP contribution in [0.5, 0.6) is 0 Å². The van der Waals surface area contributed by atoms with Crippen molar-refractivity contribution in [2.24, 2.45) is 0 Å². The molecule has 2 aliphatic rings. The van der Waals surface area contributed by atoms with E-state index in [4.69, 9.17) is 0 Å². The Morgan fingerprint density at radius 3 is 2.74 bits per heavy atom. The number of amides is 1. The van der Waals surface area contributed by atoms with Crippen molar-refractivity contribution < 1.29 is 4.79 Å². The molecule has 4 nitrogen and oxygen atoms in total. The predicted octanol–water partition coefficient (Wildman–Crippen LogP) is 3.65. The zero-order valence-corrected chi connectivity index (χ0v) is 17.1. The molecule has 1 aromatic heterocycles. The lowest BCUT2D eigenvalue weighted by atomic mass is 10.00. The van der Waals surface area contributed by atoms with E-state index >= 15 is 0 Å². The molecule has 0 aliphatic carbocycles. The molecule has 1 N–H and O–H groups in total. The van der Waals surface area contributed by atoms with E-state index in [-0.39, 0.29) is 5.91 Å². The summed E-state index contributed by atoms with van der Waals surface area (Å²) >= 11 is 1.67. The van der Waals surface area contributed by atoms with Gasteiger partial charge in [-0.3, -0.25) is 14.6 Å². The number of carbonyl (C=O) groups is 1. The smallest absolute Gasteiger partial charge is 0.261 e. The highest BCUT2D eigenvalue weighted by molar-refractivity contribution is 7.14. The molecule has 1 aromatic carbocycles. The van der Waals surface area contributed by atoms with Crippen LogP contribution in [0.15, 0.2) is 30.3 Å². The third kappa shape index (κ3) is 4.26. The highest BCUT2D eigenvalue weighted by Gasteiger charge is 2.25. The van der Waals surface area contributed by atoms with Crippen molar-refractivity contribution in [2.45, 2.75) is 52.4 Å². The predicted molar refractivity (Wildman–Crippen MR) is 111 cm³/mol. The summed E-state index contributed by atoms with van der Waals surface area (Å²) in [6, 6.07) is 11.4. The van der Waals surface area contributed by atoms with E-state index in [1.165, 1.54) is 21.6 Å². The van der Waals surface area contributed by atoms with Crippen molar-refractivity contribution in [3.05, 3.63) is 56.8 Å². The Morgan fingerprint density at radius 1 is 1.15 bits per heavy atom. The Hall–Kier alpha value is -1.69. The molecule has 0 bridgehead atoms. The third-order valence-electron chi connectivity index (χ3n) is 5.72. The molecule has 144 valence electrons. The summed E-state index contributed by atoms with van der Waals surface area (Å²) in [7, 11) is 0. The van der Waals surface area contributed by atoms with Crippen LogP contribution in [0.1, 0.15) is 51.5 Å². The Bertz CT molecular complexity index is 790. The first-order chi connectivity index (χ1) is 13.1. The first-order valence-corrected chi connectivity index (χ1v) is 10.8. The van der Waals surface area contributed by atoms with Crippen LogP contribution in [0, 0.1) is 0 Å². The molecule has 1 amide bonds. The minimum Gasteiger partial charge on any atom is -0.351 e. The minimum atomic E-state index is 0.0921. The van der Waals surface area contributed by atoms with Gasteiger partial charge in [0.25, 0.3) is 5.91 Å². The minimum absolute atomic E-state index is 0.0921. The Balaban J connectivity index is 1.21. The fraction of sp³-hybridized carbons (Fsp3) is 0.500. The summed E-state index contributed by atoms with van der Waals surface area (Å²) < 4.78 is 0. The standard InChI is InChI=1S/C22H29N3OS/c1-16(2)25-14-19-12-20(27-21(19)15-25)22(26)23-9-5-10-24-11-8-17-6-3-4-7-18(17)13-24/h3-4,6-7,12,16H,5,8-11,13-15H2,1-2H3,(H,23,26). The number of rotatable bonds is 6. The first-order valence-electron chi connectivity index (χ1n) is 10.0. The molecule has 0 saturated heterocycles. The van der Waals surface area contributed by atoms with Gasteiger partial charge in [-0.05, 0) is 49.4 Å². The fourth-order valence-corrected chi connectivity index (χ4v) is 5.12. The zero-order chi connectivity index (χ0) is 18.8. The Labute approximate surface area is 166 Å². The number of hydrogen-bond acceptors (Lipinski definition) is 4. The van der Waals surface area contributed by atoms with E-state index in [1.807, 2.05) is 0 Å². The van der Waals surface area contributed by atoms with Gasteiger partial charge in [0.05, 0.1) is 4.88 Å². The van der Waals surface area contributed by atoms with E-state index in [2.05, 4.69) is 59.3 Å². The number of hydrogen-bond donors (Lipinski definition) is 1. The van der Waals surface area contributed by atoms with Gasteiger partial charge in [0.1, 0.15) is 0 Å². The Morgan fingerprint density at radius 2 is 1.96 bits per heavy atom. The topological polar surface area (TPSA) is 35.6 Å². The number of thiophene rings is 1. The summed E-state index contributed by atoms with van der Waals surface area (Å²) in [4.78, 5) is 19.6. The van der Waals surface area contributed by atoms with E-state index in [0.717, 1.165) is 57.0 Å². The molecule has 4 rings (SSSR count). The largest absolute Gasteiger partial charge is 0.351 e. The average molecular weight is 384 g/mol. The number of nitrogens with zero attached hydrogens (tertiary/aromatic N) is 2. The van der Waals surface area contributed by atoms with Gasteiger partial charge in [-0.1, -0.05) is 24.3 Å². The lowest BCUT2D eigenvalue weighted by Gasteiger charge is -2.28. The van der Waals surface area contributed by atoms with E-state index < -0.39 is 0 Å². The van der Waals surface area contributed by atoms with Crippen LogP contribution in [0.4, 0.5) is 0 Å². The maximum atomic E-state index is 12.5. The monoisotopic (exact) mass is 383 g/mol. The van der Waals surface area contributed by atoms with Crippen molar-refractivity contribution in [3.8, 4) is 0 Å². The van der Waals surface area contributed by atoms with Crippen molar-refractivity contribution in [1.82, 2.24) is 15.1 Å². The van der Waals surface area contributed by atoms with Gasteiger partial charge in [0.15, 0.2) is 0 Å². The van der Waals surface area contributed by atoms with Gasteiger partial charge < -0.3 is 5.32 Å². The van der Waals surface area contributed by atoms with Gasteiger partial charge in [0.2, 0.25) is 0 Å². The summed E-state index contributed by atoms with van der Waals surface area (Å²) in [6.07, 6.45) is 2.14. The lowest BCUT2D eigenvalue weighted by Crippen LogP contribution is -2.33. The molecule has 2 aliphatic heterocycles. The van der Waals surface area contributed by atoms with Gasteiger partial charge >= 0.3 is 0 Å². The molecular weight excluding hydrogens is 354 g/mol. The second kappa shape index (κ2) is 8.13. The lowest BCUT2D eigenvalue weighted by molar-refractivity contribution is 0.0955. The molecule has 3 heterocycles. The second-order valence-corrected chi connectivity index (χ2v) is 9.10. The number of fused-ring (bicyclic) bond motifs is 2. The number of nitrogens with one attached hydrogen (secondary N) is 1. The van der Waals surface area contributed by atoms with Crippen LogP contribution in [0.3, 0.4) is 0 Å². The van der Waals surface area contributed by atoms with E-state index in [1.54, 1.807) is 11.3 Å². The molecule has 5 heteroatoms. The summed E-state index contributed by atoms with van der Waals surface area (Å²) in [5, 5.41) is 3.11. The molecule has 0 radical (unpaired) electrons. The SMILES string of the molecule is CC(C)N1Cc2cc(C(=O)NCCCN3CCc4ccccc4C3)sc2C1. The summed E-state index contributed by atoms with van der Waals surface area (Å²) in [5.41, 5.74) is 4.28. The van der Waals surface area contributed by atoms with Gasteiger partial charge in [-0.25, -0.2) is 0 Å². The summed E-state index contributed by atoms with van der Waals surface area (Å²) in [6.45, 7) is 10.4. The number of carbonyl (C=O) groups excluding carboxylic acids is 1. The normalized spacial score (nSPS) is 17.1. The molecule has 0 saturated carbocycles. The second-order valence-electron chi connectivity index (χ2n) is 7.96. The Kier molecular flexibility index (Phi) is 5.62.